The summed E-state index contributed by atoms with van der Waals surface area (Å²) in [4.78, 5) is 27.3. The lowest BCUT2D eigenvalue weighted by molar-refractivity contribution is -0.00257. The van der Waals surface area contributed by atoms with Crippen LogP contribution in [-0.4, -0.2) is 46.0 Å². The van der Waals surface area contributed by atoms with E-state index in [9.17, 15) is 18.4 Å². The molecule has 0 amide bonds. The zero-order valence-electron chi connectivity index (χ0n) is 22.4. The van der Waals surface area contributed by atoms with Gasteiger partial charge in [0.15, 0.2) is 11.6 Å². The Hall–Kier alpha value is -2.36. The number of rotatable bonds is 13. The molecule has 3 atom stereocenters. The highest BCUT2D eigenvalue weighted by Crippen LogP contribution is 2.36. The minimum Gasteiger partial charge on any atom is -0.385 e. The van der Waals surface area contributed by atoms with E-state index in [0.29, 0.717) is 62.1 Å². The maximum atomic E-state index is 14.1. The van der Waals surface area contributed by atoms with Crippen molar-refractivity contribution in [3.63, 3.8) is 0 Å². The van der Waals surface area contributed by atoms with Gasteiger partial charge in [0, 0.05) is 51.9 Å². The van der Waals surface area contributed by atoms with Crippen LogP contribution in [0.15, 0.2) is 27.8 Å². The normalized spacial score (nSPS) is 20.5. The Morgan fingerprint density at radius 1 is 1.05 bits per heavy atom. The van der Waals surface area contributed by atoms with Crippen LogP contribution >= 0.6 is 0 Å². The van der Waals surface area contributed by atoms with E-state index in [-0.39, 0.29) is 12.0 Å². The molecule has 38 heavy (non-hydrogen) atoms. The smallest absolute Gasteiger partial charge is 0.253 e. The summed E-state index contributed by atoms with van der Waals surface area (Å²) in [6.07, 6.45) is 8.77. The number of benzene rings is 1. The predicted octanol–water partition coefficient (Wildman–Crippen LogP) is 4.28. The summed E-state index contributed by atoms with van der Waals surface area (Å²) in [7, 11) is 1.62. The van der Waals surface area contributed by atoms with Gasteiger partial charge in [-0.1, -0.05) is 38.2 Å². The number of nitrogens with one attached hydrogen (secondary N) is 1. The zero-order chi connectivity index (χ0) is 27.1. The Kier molecular flexibility index (Phi) is 10.3. The molecule has 9 heteroatoms. The predicted molar refractivity (Wildman–Crippen MR) is 145 cm³/mol. The van der Waals surface area contributed by atoms with Gasteiger partial charge in [-0.3, -0.25) is 9.59 Å². The minimum absolute atomic E-state index is 0.0557. The Bertz CT molecular complexity index is 1110. The van der Waals surface area contributed by atoms with E-state index in [1.807, 2.05) is 4.90 Å². The van der Waals surface area contributed by atoms with Crippen molar-refractivity contribution in [2.24, 2.45) is 17.6 Å². The molecular formula is C29H41F2N3O4. The molecule has 210 valence electrons. The van der Waals surface area contributed by atoms with Crippen molar-refractivity contribution < 1.29 is 18.3 Å². The van der Waals surface area contributed by atoms with Crippen molar-refractivity contribution in [2.45, 2.75) is 69.9 Å². The summed E-state index contributed by atoms with van der Waals surface area (Å²) in [5.41, 5.74) is 6.44. The fraction of sp³-hybridized carbons (Fsp3) is 0.655. The van der Waals surface area contributed by atoms with Crippen LogP contribution in [0.1, 0.15) is 69.5 Å². The molecule has 1 aliphatic carbocycles. The molecule has 4 rings (SSSR count). The number of anilines is 2. The topological polar surface area (TPSA) is 93.9 Å². The fourth-order valence-electron chi connectivity index (χ4n) is 6.13. The van der Waals surface area contributed by atoms with E-state index in [1.165, 1.54) is 38.2 Å². The SMILES string of the molecule is COCCCO[C@@H](c1ccc(F)c(F)c1)[C@@H]1CCCN(c2c(N[C@H](CN)CC3CCCCC3)c(=O)c2=O)C1. The first-order valence-electron chi connectivity index (χ1n) is 14.0. The van der Waals surface area contributed by atoms with Crippen molar-refractivity contribution >= 4 is 11.4 Å². The van der Waals surface area contributed by atoms with Gasteiger partial charge in [-0.2, -0.15) is 0 Å². The largest absolute Gasteiger partial charge is 0.385 e. The molecule has 2 aromatic carbocycles. The van der Waals surface area contributed by atoms with Gasteiger partial charge >= 0.3 is 0 Å². The second kappa shape index (κ2) is 13.6. The van der Waals surface area contributed by atoms with Crippen molar-refractivity contribution in [3.8, 4) is 0 Å². The molecule has 1 saturated carbocycles. The van der Waals surface area contributed by atoms with Crippen molar-refractivity contribution in [1.82, 2.24) is 0 Å². The summed E-state index contributed by atoms with van der Waals surface area (Å²) < 4.78 is 39.1. The number of hydrogen-bond acceptors (Lipinski definition) is 7. The molecule has 0 radical (unpaired) electrons. The molecule has 0 bridgehead atoms. The summed E-state index contributed by atoms with van der Waals surface area (Å²) in [6, 6.07) is 3.81. The van der Waals surface area contributed by atoms with Crippen LogP contribution in [0.2, 0.25) is 0 Å². The lowest BCUT2D eigenvalue weighted by atomic mass is 9.84. The maximum Gasteiger partial charge on any atom is 0.253 e. The first kappa shape index (κ1) is 28.6. The second-order valence-electron chi connectivity index (χ2n) is 10.9. The average Bonchev–Trinajstić information content (AvgIpc) is 2.94. The standard InChI is InChI=1S/C29H41F2N3O4/c1-37-13-6-14-38-29(20-10-11-23(30)24(31)16-20)21-9-5-12-34(18-21)26-25(27(35)28(26)36)33-22(17-32)15-19-7-3-2-4-8-19/h10-11,16,19,21-22,29,33H,2-9,12-15,17-18,32H2,1H3/t21-,22+,29+/m1/s1. The fourth-order valence-corrected chi connectivity index (χ4v) is 6.13. The first-order chi connectivity index (χ1) is 18.4. The minimum atomic E-state index is -0.916. The van der Waals surface area contributed by atoms with E-state index in [1.54, 1.807) is 13.2 Å². The van der Waals surface area contributed by atoms with Crippen LogP contribution in [0.3, 0.4) is 0 Å². The van der Waals surface area contributed by atoms with Gasteiger partial charge in [-0.15, -0.1) is 0 Å². The quantitative estimate of drug-likeness (QED) is 0.293. The molecule has 1 aliphatic heterocycles. The number of ether oxygens (including phenoxy) is 2. The lowest BCUT2D eigenvalue weighted by Crippen LogP contribution is -2.48. The van der Waals surface area contributed by atoms with Crippen LogP contribution in [0.5, 0.6) is 0 Å². The van der Waals surface area contributed by atoms with E-state index in [4.69, 9.17) is 15.2 Å². The molecule has 2 fully saturated rings. The monoisotopic (exact) mass is 533 g/mol. The van der Waals surface area contributed by atoms with E-state index in [0.717, 1.165) is 25.3 Å². The summed E-state index contributed by atoms with van der Waals surface area (Å²) in [5, 5.41) is 3.32. The van der Waals surface area contributed by atoms with Gasteiger partial charge in [0.05, 0.1) is 6.10 Å². The molecule has 2 aliphatic rings. The summed E-state index contributed by atoms with van der Waals surface area (Å²) in [5.74, 6) is -1.30. The first-order valence-corrected chi connectivity index (χ1v) is 14.0. The second-order valence-corrected chi connectivity index (χ2v) is 10.9. The number of nitrogens with zero attached hydrogens (tertiary/aromatic N) is 1. The third-order valence-corrected chi connectivity index (χ3v) is 8.13. The third-order valence-electron chi connectivity index (χ3n) is 8.13. The molecular weight excluding hydrogens is 492 g/mol. The van der Waals surface area contributed by atoms with Gasteiger partial charge in [0.25, 0.3) is 10.9 Å². The molecule has 3 N–H and O–H groups in total. The number of halogens is 2. The van der Waals surface area contributed by atoms with Gasteiger partial charge < -0.3 is 25.4 Å². The summed E-state index contributed by atoms with van der Waals surface area (Å²) in [6.45, 7) is 2.44. The summed E-state index contributed by atoms with van der Waals surface area (Å²) >= 11 is 0. The van der Waals surface area contributed by atoms with E-state index >= 15 is 0 Å². The van der Waals surface area contributed by atoms with Crippen LogP contribution in [0.4, 0.5) is 20.2 Å². The van der Waals surface area contributed by atoms with Crippen LogP contribution < -0.4 is 26.8 Å². The number of nitrogens with two attached hydrogens (primary N) is 1. The van der Waals surface area contributed by atoms with Gasteiger partial charge in [-0.25, -0.2) is 8.78 Å². The van der Waals surface area contributed by atoms with E-state index in [2.05, 4.69) is 5.32 Å². The maximum absolute atomic E-state index is 14.1. The van der Waals surface area contributed by atoms with Crippen LogP contribution in [0.25, 0.3) is 0 Å². The van der Waals surface area contributed by atoms with Gasteiger partial charge in [-0.05, 0) is 49.3 Å². The lowest BCUT2D eigenvalue weighted by Gasteiger charge is -2.39. The van der Waals surface area contributed by atoms with E-state index < -0.39 is 28.6 Å². The number of methoxy groups -OCH3 is 1. The number of piperidine rings is 1. The molecule has 0 spiro atoms. The molecule has 0 unspecified atom stereocenters. The van der Waals surface area contributed by atoms with Crippen molar-refractivity contribution in [3.05, 3.63) is 55.8 Å². The van der Waals surface area contributed by atoms with Gasteiger partial charge in [0.2, 0.25) is 0 Å². The van der Waals surface area contributed by atoms with Crippen LogP contribution in [0, 0.1) is 23.5 Å². The highest BCUT2D eigenvalue weighted by atomic mass is 19.2. The zero-order valence-corrected chi connectivity index (χ0v) is 22.4. The third kappa shape index (κ3) is 6.79. The highest BCUT2D eigenvalue weighted by Gasteiger charge is 2.35. The highest BCUT2D eigenvalue weighted by molar-refractivity contribution is 5.75. The average molecular weight is 534 g/mol. The van der Waals surface area contributed by atoms with Gasteiger partial charge in [0.1, 0.15) is 11.4 Å². The molecule has 1 heterocycles. The van der Waals surface area contributed by atoms with Crippen molar-refractivity contribution in [2.75, 3.05) is 50.2 Å². The molecule has 7 nitrogen and oxygen atoms in total. The number of hydrogen-bond donors (Lipinski definition) is 2. The van der Waals surface area contributed by atoms with Crippen molar-refractivity contribution in [1.29, 1.82) is 0 Å². The Morgan fingerprint density at radius 3 is 2.55 bits per heavy atom. The molecule has 1 saturated heterocycles. The van der Waals surface area contributed by atoms with Crippen LogP contribution in [-0.2, 0) is 9.47 Å². The Balaban J connectivity index is 1.49. The molecule has 2 aromatic rings. The Labute approximate surface area is 223 Å². The Morgan fingerprint density at radius 2 is 1.84 bits per heavy atom. The molecule has 0 aromatic heterocycles.